The molecule has 0 fully saturated rings. The summed E-state index contributed by atoms with van der Waals surface area (Å²) in [5, 5.41) is 0. The summed E-state index contributed by atoms with van der Waals surface area (Å²) in [5.74, 6) is 0. The third kappa shape index (κ3) is 3.24. The highest BCUT2D eigenvalue weighted by atomic mass is 32.2. The average Bonchev–Trinajstić information content (AvgIpc) is 2.79. The number of nitrogens with zero attached hydrogens (tertiary/aromatic N) is 3. The highest BCUT2D eigenvalue weighted by Gasteiger charge is 2.36. The van der Waals surface area contributed by atoms with Crippen molar-refractivity contribution in [1.82, 2.24) is 13.3 Å². The molecule has 0 aliphatic rings. The van der Waals surface area contributed by atoms with Crippen LogP contribution in [0.5, 0.6) is 0 Å². The minimum atomic E-state index is -3.83. The molecule has 0 radical (unpaired) electrons. The molecule has 0 aliphatic heterocycles. The summed E-state index contributed by atoms with van der Waals surface area (Å²) >= 11 is 0. The maximum atomic E-state index is 12.6. The van der Waals surface area contributed by atoms with Gasteiger partial charge in [-0.05, 0) is 13.8 Å². The zero-order valence-corrected chi connectivity index (χ0v) is 13.0. The zero-order valence-electron chi connectivity index (χ0n) is 11.3. The molecule has 19 heavy (non-hydrogen) atoms. The Kier molecular flexibility index (Phi) is 5.28. The van der Waals surface area contributed by atoms with Gasteiger partial charge in [-0.1, -0.05) is 0 Å². The van der Waals surface area contributed by atoms with Crippen molar-refractivity contribution >= 4 is 23.4 Å². The highest BCUT2D eigenvalue weighted by molar-refractivity contribution is 7.88. The van der Waals surface area contributed by atoms with Crippen LogP contribution in [0.1, 0.15) is 13.8 Å². The topological polar surface area (TPSA) is 90.7 Å². The first-order chi connectivity index (χ1) is 8.79. The van der Waals surface area contributed by atoms with Crippen molar-refractivity contribution in [3.05, 3.63) is 12.4 Å². The lowest BCUT2D eigenvalue weighted by atomic mass is 10.9. The molecule has 0 saturated heterocycles. The van der Waals surface area contributed by atoms with Crippen molar-refractivity contribution < 1.29 is 22.0 Å². The third-order valence-electron chi connectivity index (χ3n) is 2.14. The van der Waals surface area contributed by atoms with Crippen LogP contribution in [0.2, 0.25) is 0 Å². The second kappa shape index (κ2) is 6.15. The molecule has 0 unspecified atom stereocenters. The molecule has 110 valence electrons. The molecular weight excluding hydrogens is 293 g/mol. The summed E-state index contributed by atoms with van der Waals surface area (Å²) in [6.07, 6.45) is 2.44. The lowest BCUT2D eigenvalue weighted by molar-refractivity contribution is 0.228. The Balaban J connectivity index is 3.37. The van der Waals surface area contributed by atoms with Gasteiger partial charge < -0.3 is 9.05 Å². The quantitative estimate of drug-likeness (QED) is 0.678. The van der Waals surface area contributed by atoms with Crippen LogP contribution in [-0.2, 0) is 23.8 Å². The highest BCUT2D eigenvalue weighted by Crippen LogP contribution is 2.46. The zero-order chi connectivity index (χ0) is 14.7. The SMILES string of the molecule is CCOP(=O)(OCC)c1nccn1S(=O)(=O)N(C)C. The van der Waals surface area contributed by atoms with Crippen molar-refractivity contribution in [3.8, 4) is 0 Å². The Labute approximate surface area is 113 Å². The van der Waals surface area contributed by atoms with Crippen LogP contribution < -0.4 is 5.57 Å². The molecule has 1 aromatic rings. The van der Waals surface area contributed by atoms with Crippen LogP contribution in [0.3, 0.4) is 0 Å². The van der Waals surface area contributed by atoms with E-state index in [0.717, 1.165) is 8.28 Å². The Morgan fingerprint density at radius 2 is 1.84 bits per heavy atom. The molecule has 0 atom stereocenters. The van der Waals surface area contributed by atoms with Gasteiger partial charge in [0, 0.05) is 26.5 Å². The summed E-state index contributed by atoms with van der Waals surface area (Å²) < 4.78 is 48.7. The van der Waals surface area contributed by atoms with E-state index in [9.17, 15) is 13.0 Å². The molecule has 0 saturated carbocycles. The molecule has 1 aromatic heterocycles. The fraction of sp³-hybridized carbons (Fsp3) is 0.667. The Morgan fingerprint density at radius 3 is 2.26 bits per heavy atom. The Morgan fingerprint density at radius 1 is 1.32 bits per heavy atom. The van der Waals surface area contributed by atoms with Crippen LogP contribution >= 0.6 is 7.60 Å². The van der Waals surface area contributed by atoms with Crippen LogP contribution in [0.25, 0.3) is 0 Å². The fourth-order valence-corrected chi connectivity index (χ4v) is 4.25. The van der Waals surface area contributed by atoms with Gasteiger partial charge in [-0.15, -0.1) is 0 Å². The number of rotatable bonds is 7. The molecule has 1 heterocycles. The predicted octanol–water partition coefficient (Wildman–Crippen LogP) is 0.429. The molecule has 0 spiro atoms. The van der Waals surface area contributed by atoms with E-state index in [1.165, 1.54) is 26.5 Å². The number of hydrogen-bond acceptors (Lipinski definition) is 6. The second-order valence-corrected chi connectivity index (χ2v) is 7.58. The molecule has 8 nitrogen and oxygen atoms in total. The molecule has 0 amide bonds. The minimum absolute atomic E-state index is 0.117. The molecular formula is C9H18N3O5PS. The van der Waals surface area contributed by atoms with E-state index in [0.29, 0.717) is 0 Å². The van der Waals surface area contributed by atoms with Gasteiger partial charge in [0.05, 0.1) is 13.2 Å². The maximum Gasteiger partial charge on any atom is 0.397 e. The number of aromatic nitrogens is 2. The summed E-state index contributed by atoms with van der Waals surface area (Å²) in [6, 6.07) is 0. The van der Waals surface area contributed by atoms with Crippen molar-refractivity contribution in [2.45, 2.75) is 13.8 Å². The number of imidazole rings is 1. The average molecular weight is 311 g/mol. The molecule has 0 aromatic carbocycles. The van der Waals surface area contributed by atoms with E-state index in [2.05, 4.69) is 4.98 Å². The standard InChI is InChI=1S/C9H18N3O5PS/c1-5-16-18(13,17-6-2)9-10-7-8-12(9)19(14,15)11(3)4/h7-8H,5-6H2,1-4H3. The van der Waals surface area contributed by atoms with Crippen molar-refractivity contribution in [2.75, 3.05) is 27.3 Å². The van der Waals surface area contributed by atoms with Gasteiger partial charge >= 0.3 is 17.8 Å². The predicted molar refractivity (Wildman–Crippen MR) is 70.7 cm³/mol. The van der Waals surface area contributed by atoms with Gasteiger partial charge in [0.25, 0.3) is 0 Å². The first kappa shape index (κ1) is 16.3. The van der Waals surface area contributed by atoms with Gasteiger partial charge in [0.2, 0.25) is 5.57 Å². The summed E-state index contributed by atoms with van der Waals surface area (Å²) in [5.41, 5.74) is -0.245. The molecule has 0 aliphatic carbocycles. The van der Waals surface area contributed by atoms with E-state index < -0.39 is 17.8 Å². The van der Waals surface area contributed by atoms with E-state index in [1.54, 1.807) is 13.8 Å². The normalized spacial score (nSPS) is 13.1. The van der Waals surface area contributed by atoms with Crippen LogP contribution in [0.15, 0.2) is 12.4 Å². The largest absolute Gasteiger partial charge is 0.397 e. The van der Waals surface area contributed by atoms with Gasteiger partial charge in [0.15, 0.2) is 0 Å². The first-order valence-corrected chi connectivity index (χ1v) is 8.59. The summed E-state index contributed by atoms with van der Waals surface area (Å²) in [6.45, 7) is 3.51. The fourth-order valence-electron chi connectivity index (χ4n) is 1.32. The van der Waals surface area contributed by atoms with Crippen molar-refractivity contribution in [3.63, 3.8) is 0 Å². The van der Waals surface area contributed by atoms with Crippen LogP contribution in [0.4, 0.5) is 0 Å². The van der Waals surface area contributed by atoms with Crippen LogP contribution in [-0.4, -0.2) is 49.0 Å². The third-order valence-corrected chi connectivity index (χ3v) is 6.01. The van der Waals surface area contributed by atoms with Crippen LogP contribution in [0, 0.1) is 0 Å². The van der Waals surface area contributed by atoms with Gasteiger partial charge in [-0.3, -0.25) is 4.57 Å². The lowest BCUT2D eigenvalue weighted by Gasteiger charge is -2.19. The van der Waals surface area contributed by atoms with E-state index >= 15 is 0 Å². The smallest absolute Gasteiger partial charge is 0.303 e. The lowest BCUT2D eigenvalue weighted by Crippen LogP contribution is -2.35. The molecule has 0 bridgehead atoms. The van der Waals surface area contributed by atoms with E-state index in [-0.39, 0.29) is 18.8 Å². The first-order valence-electron chi connectivity index (χ1n) is 5.65. The minimum Gasteiger partial charge on any atom is -0.303 e. The van der Waals surface area contributed by atoms with Crippen molar-refractivity contribution in [2.24, 2.45) is 0 Å². The number of hydrogen-bond donors (Lipinski definition) is 0. The van der Waals surface area contributed by atoms with Gasteiger partial charge in [0.1, 0.15) is 0 Å². The summed E-state index contributed by atoms with van der Waals surface area (Å²) in [7, 11) is -4.85. The molecule has 0 N–H and O–H groups in total. The van der Waals surface area contributed by atoms with E-state index in [1.807, 2.05) is 0 Å². The Bertz CT molecular complexity index is 558. The van der Waals surface area contributed by atoms with E-state index in [4.69, 9.17) is 9.05 Å². The summed E-state index contributed by atoms with van der Waals surface area (Å²) in [4.78, 5) is 3.82. The van der Waals surface area contributed by atoms with Gasteiger partial charge in [-0.25, -0.2) is 8.96 Å². The second-order valence-electron chi connectivity index (χ2n) is 3.65. The van der Waals surface area contributed by atoms with Gasteiger partial charge in [-0.2, -0.15) is 12.7 Å². The Hall–Kier alpha value is -0.730. The van der Waals surface area contributed by atoms with Crippen molar-refractivity contribution in [1.29, 1.82) is 0 Å². The molecule has 1 rings (SSSR count). The maximum absolute atomic E-state index is 12.6. The molecule has 10 heteroatoms. The monoisotopic (exact) mass is 311 g/mol.